The molecule has 0 amide bonds. The monoisotopic (exact) mass is 399 g/mol. The molecule has 3 aromatic rings. The molecule has 0 spiro atoms. The molecule has 0 fully saturated rings. The summed E-state index contributed by atoms with van der Waals surface area (Å²) in [4.78, 5) is 2.05. The van der Waals surface area contributed by atoms with Gasteiger partial charge in [-0.3, -0.25) is 0 Å². The topological polar surface area (TPSA) is 77.8 Å². The van der Waals surface area contributed by atoms with Gasteiger partial charge in [-0.05, 0) is 47.5 Å². The van der Waals surface area contributed by atoms with Crippen molar-refractivity contribution < 1.29 is 0 Å². The van der Waals surface area contributed by atoms with Crippen LogP contribution >= 0.6 is 11.8 Å². The molecule has 0 aromatic heterocycles. The molecule has 0 unspecified atom stereocenters. The molecule has 0 aliphatic heterocycles. The Labute approximate surface area is 175 Å². The molecule has 29 heavy (non-hydrogen) atoms. The highest BCUT2D eigenvalue weighted by atomic mass is 32.2. The van der Waals surface area contributed by atoms with E-state index >= 15 is 0 Å². The molecule has 5 nitrogen and oxygen atoms in total. The summed E-state index contributed by atoms with van der Waals surface area (Å²) in [5.74, 6) is 0.766. The minimum atomic E-state index is 0.433. The maximum Gasteiger partial charge on any atom is 0.180 e. The average molecular weight is 400 g/mol. The summed E-state index contributed by atoms with van der Waals surface area (Å²) >= 11 is 1.46. The van der Waals surface area contributed by atoms with E-state index < -0.39 is 0 Å². The largest absolute Gasteiger partial charge is 0.377 e. The molecule has 144 valence electrons. The van der Waals surface area contributed by atoms with Gasteiger partial charge in [0.05, 0.1) is 17.8 Å². The van der Waals surface area contributed by atoms with Crippen LogP contribution in [0.15, 0.2) is 89.1 Å². The van der Waals surface area contributed by atoms with Crippen molar-refractivity contribution in [3.63, 3.8) is 0 Å². The molecular formula is C23H21N5S. The number of nitriles is 1. The third-order valence-corrected chi connectivity index (χ3v) is 5.11. The second-order valence-corrected chi connectivity index (χ2v) is 7.26. The molecule has 3 aromatic carbocycles. The van der Waals surface area contributed by atoms with Crippen LogP contribution in [0.2, 0.25) is 0 Å². The number of benzene rings is 3. The van der Waals surface area contributed by atoms with E-state index in [1.807, 2.05) is 73.8 Å². The second kappa shape index (κ2) is 10.1. The number of hydrogen-bond acceptors (Lipinski definition) is 5. The van der Waals surface area contributed by atoms with Crippen molar-refractivity contribution in [2.45, 2.75) is 5.75 Å². The van der Waals surface area contributed by atoms with Crippen LogP contribution in [0.5, 0.6) is 0 Å². The molecule has 0 saturated carbocycles. The first-order valence-corrected chi connectivity index (χ1v) is 10.0. The Morgan fingerprint density at radius 1 is 1.00 bits per heavy atom. The van der Waals surface area contributed by atoms with Crippen molar-refractivity contribution in [3.05, 3.63) is 95.6 Å². The summed E-state index contributed by atoms with van der Waals surface area (Å²) in [7, 11) is 1.99. The Morgan fingerprint density at radius 3 is 2.24 bits per heavy atom. The van der Waals surface area contributed by atoms with Gasteiger partial charge in [-0.25, -0.2) is 0 Å². The van der Waals surface area contributed by atoms with Crippen LogP contribution in [0.4, 0.5) is 11.4 Å². The van der Waals surface area contributed by atoms with Gasteiger partial charge in [0.1, 0.15) is 0 Å². The van der Waals surface area contributed by atoms with Gasteiger partial charge in [-0.15, -0.1) is 5.10 Å². The van der Waals surface area contributed by atoms with Gasteiger partial charge in [0, 0.05) is 24.2 Å². The van der Waals surface area contributed by atoms with Gasteiger partial charge >= 0.3 is 0 Å². The Morgan fingerprint density at radius 2 is 1.62 bits per heavy atom. The predicted molar refractivity (Wildman–Crippen MR) is 123 cm³/mol. The lowest BCUT2D eigenvalue weighted by molar-refractivity contribution is 1.21. The first kappa shape index (κ1) is 20.2. The molecule has 6 heteroatoms. The standard InChI is InChI=1S/C23H21N5S/c1-28(21-11-7-18(15-24)8-12-21)22-13-9-19(10-14-22)16-26-27-23(25)29-17-20-5-3-2-4-6-20/h2-14,16H,17H2,1H3,(H2,25,27). The van der Waals surface area contributed by atoms with E-state index in [2.05, 4.69) is 33.3 Å². The summed E-state index contributed by atoms with van der Waals surface area (Å²) in [5.41, 5.74) is 10.7. The molecule has 0 atom stereocenters. The van der Waals surface area contributed by atoms with Gasteiger partial charge in [0.2, 0.25) is 0 Å². The van der Waals surface area contributed by atoms with E-state index in [4.69, 9.17) is 11.0 Å². The van der Waals surface area contributed by atoms with E-state index in [-0.39, 0.29) is 0 Å². The van der Waals surface area contributed by atoms with Crippen LogP contribution in [-0.2, 0) is 5.75 Å². The van der Waals surface area contributed by atoms with Crippen LogP contribution in [0, 0.1) is 11.3 Å². The minimum Gasteiger partial charge on any atom is -0.377 e. The predicted octanol–water partition coefficient (Wildman–Crippen LogP) is 4.91. The molecule has 0 saturated heterocycles. The van der Waals surface area contributed by atoms with Crippen molar-refractivity contribution in [1.29, 1.82) is 5.26 Å². The summed E-state index contributed by atoms with van der Waals surface area (Å²) in [5, 5.41) is 17.5. The summed E-state index contributed by atoms with van der Waals surface area (Å²) in [6.45, 7) is 0. The number of hydrogen-bond donors (Lipinski definition) is 1. The highest BCUT2D eigenvalue weighted by molar-refractivity contribution is 8.13. The first-order chi connectivity index (χ1) is 14.2. The quantitative estimate of drug-likeness (QED) is 0.363. The number of amidine groups is 1. The fourth-order valence-electron chi connectivity index (χ4n) is 2.61. The molecule has 0 heterocycles. The third kappa shape index (κ3) is 5.96. The summed E-state index contributed by atoms with van der Waals surface area (Å²) in [6, 6.07) is 27.7. The van der Waals surface area contributed by atoms with Gasteiger partial charge < -0.3 is 10.6 Å². The van der Waals surface area contributed by atoms with Gasteiger partial charge in [0.25, 0.3) is 0 Å². The van der Waals surface area contributed by atoms with E-state index in [9.17, 15) is 0 Å². The lowest BCUT2D eigenvalue weighted by atomic mass is 10.1. The molecule has 2 N–H and O–H groups in total. The summed E-state index contributed by atoms with van der Waals surface area (Å²) < 4.78 is 0. The van der Waals surface area contributed by atoms with Crippen molar-refractivity contribution in [1.82, 2.24) is 0 Å². The lowest BCUT2D eigenvalue weighted by Gasteiger charge is -2.19. The molecule has 0 aliphatic rings. The lowest BCUT2D eigenvalue weighted by Crippen LogP contribution is -2.09. The van der Waals surface area contributed by atoms with Crippen LogP contribution < -0.4 is 10.6 Å². The van der Waals surface area contributed by atoms with Gasteiger partial charge in [-0.2, -0.15) is 10.4 Å². The van der Waals surface area contributed by atoms with Gasteiger partial charge in [-0.1, -0.05) is 54.2 Å². The Kier molecular flexibility index (Phi) is 7.04. The highest BCUT2D eigenvalue weighted by Crippen LogP contribution is 2.23. The number of nitrogens with two attached hydrogens (primary N) is 1. The van der Waals surface area contributed by atoms with E-state index in [0.29, 0.717) is 10.7 Å². The van der Waals surface area contributed by atoms with Gasteiger partial charge in [0.15, 0.2) is 5.17 Å². The van der Waals surface area contributed by atoms with Crippen LogP contribution in [0.3, 0.4) is 0 Å². The van der Waals surface area contributed by atoms with Crippen LogP contribution in [0.1, 0.15) is 16.7 Å². The normalized spacial score (nSPS) is 11.4. The highest BCUT2D eigenvalue weighted by Gasteiger charge is 2.04. The zero-order chi connectivity index (χ0) is 20.5. The Hall–Kier alpha value is -3.56. The van der Waals surface area contributed by atoms with Crippen LogP contribution in [0.25, 0.3) is 0 Å². The maximum atomic E-state index is 8.91. The number of thioether (sulfide) groups is 1. The molecule has 3 rings (SSSR count). The number of rotatable bonds is 6. The van der Waals surface area contributed by atoms with Crippen molar-refractivity contribution in [3.8, 4) is 6.07 Å². The second-order valence-electron chi connectivity index (χ2n) is 6.27. The number of nitrogens with zero attached hydrogens (tertiary/aromatic N) is 4. The van der Waals surface area contributed by atoms with Crippen molar-refractivity contribution >= 4 is 34.5 Å². The molecule has 0 radical (unpaired) electrons. The average Bonchev–Trinajstić information content (AvgIpc) is 2.78. The Bertz CT molecular complexity index is 1020. The van der Waals surface area contributed by atoms with Crippen molar-refractivity contribution in [2.24, 2.45) is 15.9 Å². The SMILES string of the molecule is CN(c1ccc(C#N)cc1)c1ccc(C=NN=C(N)SCc2ccccc2)cc1. The Balaban J connectivity index is 1.57. The smallest absolute Gasteiger partial charge is 0.180 e. The zero-order valence-corrected chi connectivity index (χ0v) is 16.9. The zero-order valence-electron chi connectivity index (χ0n) is 16.1. The number of anilines is 2. The fourth-order valence-corrected chi connectivity index (χ4v) is 3.22. The maximum absolute atomic E-state index is 8.91. The van der Waals surface area contributed by atoms with E-state index in [1.165, 1.54) is 17.3 Å². The van der Waals surface area contributed by atoms with Crippen molar-refractivity contribution in [2.75, 3.05) is 11.9 Å². The fraction of sp³-hybridized carbons (Fsp3) is 0.0870. The summed E-state index contributed by atoms with van der Waals surface area (Å²) in [6.07, 6.45) is 1.68. The molecule has 0 bridgehead atoms. The molecule has 0 aliphatic carbocycles. The minimum absolute atomic E-state index is 0.433. The van der Waals surface area contributed by atoms with E-state index in [0.717, 1.165) is 22.7 Å². The van der Waals surface area contributed by atoms with Crippen LogP contribution in [-0.4, -0.2) is 18.4 Å². The van der Waals surface area contributed by atoms with E-state index in [1.54, 1.807) is 6.21 Å². The third-order valence-electron chi connectivity index (χ3n) is 4.26. The first-order valence-electron chi connectivity index (χ1n) is 9.03. The molecular weight excluding hydrogens is 378 g/mol.